The number of hydrogen-bond donors (Lipinski definition) is 0. The van der Waals surface area contributed by atoms with E-state index in [1.165, 1.54) is 18.3 Å². The molecule has 10 heavy (non-hydrogen) atoms. The van der Waals surface area contributed by atoms with Crippen molar-refractivity contribution >= 4 is 7.85 Å². The summed E-state index contributed by atoms with van der Waals surface area (Å²) in [5, 5.41) is 0. The quantitative estimate of drug-likeness (QED) is 0.480. The van der Waals surface area contributed by atoms with Gasteiger partial charge in [-0.15, -0.1) is 0 Å². The Bertz CT molecular complexity index is 175. The normalized spacial score (nSPS) is 18.7. The van der Waals surface area contributed by atoms with E-state index in [1.807, 2.05) is 0 Å². The van der Waals surface area contributed by atoms with E-state index in [-0.39, 0.29) is 0 Å². The summed E-state index contributed by atoms with van der Waals surface area (Å²) in [6, 6.07) is 0. The summed E-state index contributed by atoms with van der Waals surface area (Å²) in [7, 11) is 2.18. The molecule has 0 radical (unpaired) electrons. The first kappa shape index (κ1) is 7.65. The van der Waals surface area contributed by atoms with E-state index in [1.54, 1.807) is 5.57 Å². The lowest BCUT2D eigenvalue weighted by atomic mass is 9.84. The molecule has 0 aromatic carbocycles. The average Bonchev–Trinajstić information content (AvgIpc) is 1.88. The monoisotopic (exact) mass is 134 g/mol. The highest BCUT2D eigenvalue weighted by Crippen LogP contribution is 2.21. The minimum atomic E-state index is 0.739. The number of rotatable bonds is 1. The van der Waals surface area contributed by atoms with Crippen LogP contribution in [0.4, 0.5) is 0 Å². The largest absolute Gasteiger partial charge is 0.138 e. The molecule has 1 rings (SSSR count). The summed E-state index contributed by atoms with van der Waals surface area (Å²) in [5.41, 5.74) is 3.05. The molecule has 0 N–H and O–H groups in total. The molecule has 1 heteroatoms. The van der Waals surface area contributed by atoms with Gasteiger partial charge in [0.1, 0.15) is 7.85 Å². The standard InChI is InChI=1S/C9H15B/c1-7(2)8-4-3-5-9(10)6-8/h5-7H,3-4,10H2,1-2H3. The van der Waals surface area contributed by atoms with Gasteiger partial charge in [0.2, 0.25) is 0 Å². The Balaban J connectivity index is 2.69. The summed E-state index contributed by atoms with van der Waals surface area (Å²) < 4.78 is 0. The number of allylic oxidation sites excluding steroid dienone is 4. The molecule has 0 fully saturated rings. The molecule has 0 aromatic rings. The van der Waals surface area contributed by atoms with Crippen molar-refractivity contribution in [2.45, 2.75) is 26.7 Å². The first-order valence-corrected chi connectivity index (χ1v) is 4.07. The van der Waals surface area contributed by atoms with Gasteiger partial charge in [0.05, 0.1) is 0 Å². The minimum Gasteiger partial charge on any atom is -0.0929 e. The van der Waals surface area contributed by atoms with Crippen molar-refractivity contribution in [3.63, 3.8) is 0 Å². The van der Waals surface area contributed by atoms with Crippen LogP contribution in [0.15, 0.2) is 23.2 Å². The van der Waals surface area contributed by atoms with Crippen molar-refractivity contribution in [2.24, 2.45) is 5.92 Å². The molecule has 1 aliphatic carbocycles. The summed E-state index contributed by atoms with van der Waals surface area (Å²) >= 11 is 0. The first-order valence-electron chi connectivity index (χ1n) is 4.07. The highest BCUT2D eigenvalue weighted by molar-refractivity contribution is 6.23. The Morgan fingerprint density at radius 2 is 2.20 bits per heavy atom. The van der Waals surface area contributed by atoms with Gasteiger partial charge in [0.15, 0.2) is 0 Å². The lowest BCUT2D eigenvalue weighted by Crippen LogP contribution is -1.98. The second-order valence-electron chi connectivity index (χ2n) is 3.36. The fraction of sp³-hybridized carbons (Fsp3) is 0.556. The summed E-state index contributed by atoms with van der Waals surface area (Å²) in [6.07, 6.45) is 7.16. The maximum Gasteiger partial charge on any atom is 0.138 e. The van der Waals surface area contributed by atoms with Crippen molar-refractivity contribution in [3.8, 4) is 0 Å². The summed E-state index contributed by atoms with van der Waals surface area (Å²) in [5.74, 6) is 0.739. The molecule has 0 spiro atoms. The Morgan fingerprint density at radius 1 is 1.50 bits per heavy atom. The first-order chi connectivity index (χ1) is 4.70. The van der Waals surface area contributed by atoms with E-state index < -0.39 is 0 Å². The molecule has 0 unspecified atom stereocenters. The Morgan fingerprint density at radius 3 is 2.60 bits per heavy atom. The van der Waals surface area contributed by atoms with Crippen LogP contribution in [0.1, 0.15) is 26.7 Å². The summed E-state index contributed by atoms with van der Waals surface area (Å²) in [6.45, 7) is 4.54. The van der Waals surface area contributed by atoms with Crippen LogP contribution in [0.5, 0.6) is 0 Å². The van der Waals surface area contributed by atoms with Gasteiger partial charge in [-0.3, -0.25) is 0 Å². The Kier molecular flexibility index (Phi) is 2.36. The fourth-order valence-electron chi connectivity index (χ4n) is 1.35. The van der Waals surface area contributed by atoms with Crippen LogP contribution in [0.2, 0.25) is 0 Å². The van der Waals surface area contributed by atoms with Crippen molar-refractivity contribution in [1.82, 2.24) is 0 Å². The van der Waals surface area contributed by atoms with Gasteiger partial charge in [-0.25, -0.2) is 0 Å². The third-order valence-electron chi connectivity index (χ3n) is 2.05. The van der Waals surface area contributed by atoms with Gasteiger partial charge >= 0.3 is 0 Å². The Hall–Kier alpha value is -0.455. The zero-order valence-corrected chi connectivity index (χ0v) is 7.15. The van der Waals surface area contributed by atoms with Crippen molar-refractivity contribution in [3.05, 3.63) is 23.2 Å². The Labute approximate surface area is 64.4 Å². The second kappa shape index (κ2) is 3.09. The minimum absolute atomic E-state index is 0.739. The van der Waals surface area contributed by atoms with Crippen LogP contribution in [0.25, 0.3) is 0 Å². The molecule has 0 bridgehead atoms. The smallest absolute Gasteiger partial charge is 0.0929 e. The van der Waals surface area contributed by atoms with Gasteiger partial charge < -0.3 is 0 Å². The third kappa shape index (κ3) is 1.76. The SMILES string of the molecule is BC1=CCCC(C(C)C)=C1. The molecule has 1 aliphatic rings. The van der Waals surface area contributed by atoms with E-state index in [2.05, 4.69) is 33.8 Å². The molecule has 0 atom stereocenters. The van der Waals surface area contributed by atoms with Gasteiger partial charge in [-0.2, -0.15) is 0 Å². The summed E-state index contributed by atoms with van der Waals surface area (Å²) in [4.78, 5) is 0. The van der Waals surface area contributed by atoms with Crippen LogP contribution in [0.3, 0.4) is 0 Å². The molecule has 0 heterocycles. The molecule has 0 nitrogen and oxygen atoms in total. The lowest BCUT2D eigenvalue weighted by Gasteiger charge is -2.14. The van der Waals surface area contributed by atoms with E-state index >= 15 is 0 Å². The van der Waals surface area contributed by atoms with Gasteiger partial charge in [-0.1, -0.05) is 37.0 Å². The van der Waals surface area contributed by atoms with E-state index in [0.29, 0.717) is 0 Å². The third-order valence-corrected chi connectivity index (χ3v) is 2.05. The molecule has 0 amide bonds. The zero-order valence-electron chi connectivity index (χ0n) is 7.15. The van der Waals surface area contributed by atoms with E-state index in [4.69, 9.17) is 0 Å². The van der Waals surface area contributed by atoms with E-state index in [0.717, 1.165) is 5.92 Å². The van der Waals surface area contributed by atoms with Crippen molar-refractivity contribution < 1.29 is 0 Å². The molecular formula is C9H15B. The molecular weight excluding hydrogens is 119 g/mol. The van der Waals surface area contributed by atoms with Crippen molar-refractivity contribution in [2.75, 3.05) is 0 Å². The van der Waals surface area contributed by atoms with Crippen LogP contribution in [-0.4, -0.2) is 7.85 Å². The van der Waals surface area contributed by atoms with E-state index in [9.17, 15) is 0 Å². The van der Waals surface area contributed by atoms with Crippen LogP contribution >= 0.6 is 0 Å². The molecule has 0 saturated heterocycles. The highest BCUT2D eigenvalue weighted by Gasteiger charge is 2.05. The average molecular weight is 134 g/mol. The molecule has 0 saturated carbocycles. The predicted molar refractivity (Wildman–Crippen MR) is 48.8 cm³/mol. The van der Waals surface area contributed by atoms with Crippen LogP contribution in [0, 0.1) is 5.92 Å². The van der Waals surface area contributed by atoms with Crippen molar-refractivity contribution in [1.29, 1.82) is 0 Å². The highest BCUT2D eigenvalue weighted by atomic mass is 14.1. The molecule has 0 aromatic heterocycles. The zero-order chi connectivity index (χ0) is 7.56. The molecule has 54 valence electrons. The van der Waals surface area contributed by atoms with Gasteiger partial charge in [-0.05, 0) is 18.8 Å². The number of hydrogen-bond acceptors (Lipinski definition) is 0. The lowest BCUT2D eigenvalue weighted by molar-refractivity contribution is 0.708. The topological polar surface area (TPSA) is 0 Å². The maximum absolute atomic E-state index is 2.33. The van der Waals surface area contributed by atoms with Crippen LogP contribution in [-0.2, 0) is 0 Å². The predicted octanol–water partition coefficient (Wildman–Crippen LogP) is 1.88. The maximum atomic E-state index is 2.33. The van der Waals surface area contributed by atoms with Gasteiger partial charge in [0, 0.05) is 0 Å². The molecule has 0 aliphatic heterocycles. The second-order valence-corrected chi connectivity index (χ2v) is 3.36. The van der Waals surface area contributed by atoms with Gasteiger partial charge in [0.25, 0.3) is 0 Å². The fourth-order valence-corrected chi connectivity index (χ4v) is 1.35. The van der Waals surface area contributed by atoms with Crippen LogP contribution < -0.4 is 0 Å².